The molecule has 2 nitrogen and oxygen atoms in total. The highest BCUT2D eigenvalue weighted by molar-refractivity contribution is 6.30. The van der Waals surface area contributed by atoms with E-state index in [1.807, 2.05) is 0 Å². The molecule has 0 spiro atoms. The number of rotatable bonds is 3. The van der Waals surface area contributed by atoms with E-state index in [0.29, 0.717) is 28.0 Å². The minimum atomic E-state index is -0.177. The predicted octanol–water partition coefficient (Wildman–Crippen LogP) is 3.38. The van der Waals surface area contributed by atoms with Gasteiger partial charge in [0.15, 0.2) is 12.1 Å². The Morgan fingerprint density at radius 2 is 1.65 bits per heavy atom. The van der Waals surface area contributed by atoms with E-state index >= 15 is 0 Å². The van der Waals surface area contributed by atoms with Gasteiger partial charge in [0.2, 0.25) is 0 Å². The van der Waals surface area contributed by atoms with Crippen molar-refractivity contribution in [1.29, 1.82) is 0 Å². The van der Waals surface area contributed by atoms with E-state index in [1.165, 1.54) is 0 Å². The molecule has 0 heterocycles. The third-order valence-electron chi connectivity index (χ3n) is 2.44. The summed E-state index contributed by atoms with van der Waals surface area (Å²) in [4.78, 5) is 23.0. The van der Waals surface area contributed by atoms with Crippen molar-refractivity contribution in [2.24, 2.45) is 0 Å². The van der Waals surface area contributed by atoms with Gasteiger partial charge in [0.25, 0.3) is 0 Å². The fourth-order valence-electron chi connectivity index (χ4n) is 1.56. The predicted molar refractivity (Wildman–Crippen MR) is 66.7 cm³/mol. The summed E-state index contributed by atoms with van der Waals surface area (Å²) in [6.45, 7) is 0. The van der Waals surface area contributed by atoms with Crippen molar-refractivity contribution in [1.82, 2.24) is 0 Å². The Labute approximate surface area is 104 Å². The molecule has 0 fully saturated rings. The number of halogens is 1. The zero-order valence-electron chi connectivity index (χ0n) is 8.89. The first-order chi connectivity index (χ1) is 8.22. The van der Waals surface area contributed by atoms with Gasteiger partial charge in [-0.3, -0.25) is 9.59 Å². The third-order valence-corrected chi connectivity index (χ3v) is 2.69. The molecule has 17 heavy (non-hydrogen) atoms. The van der Waals surface area contributed by atoms with E-state index in [-0.39, 0.29) is 5.78 Å². The Morgan fingerprint density at radius 3 is 2.29 bits per heavy atom. The lowest BCUT2D eigenvalue weighted by atomic mass is 9.99. The second-order valence-electron chi connectivity index (χ2n) is 3.54. The fourth-order valence-corrected chi connectivity index (χ4v) is 1.69. The van der Waals surface area contributed by atoms with Crippen LogP contribution in [0, 0.1) is 0 Å². The van der Waals surface area contributed by atoms with E-state index in [1.54, 1.807) is 48.5 Å². The molecule has 0 aliphatic carbocycles. The molecular weight excluding hydrogens is 236 g/mol. The quantitative estimate of drug-likeness (QED) is 0.613. The van der Waals surface area contributed by atoms with Gasteiger partial charge in [-0.2, -0.15) is 0 Å². The van der Waals surface area contributed by atoms with Crippen molar-refractivity contribution < 1.29 is 9.59 Å². The van der Waals surface area contributed by atoms with Crippen LogP contribution in [0.2, 0.25) is 5.02 Å². The minimum Gasteiger partial charge on any atom is -0.298 e. The summed E-state index contributed by atoms with van der Waals surface area (Å²) < 4.78 is 0. The van der Waals surface area contributed by atoms with Crippen molar-refractivity contribution in [3.63, 3.8) is 0 Å². The van der Waals surface area contributed by atoms with E-state index in [2.05, 4.69) is 0 Å². The summed E-state index contributed by atoms with van der Waals surface area (Å²) >= 11 is 5.75. The Morgan fingerprint density at radius 1 is 1.00 bits per heavy atom. The van der Waals surface area contributed by atoms with Crippen LogP contribution in [0.4, 0.5) is 0 Å². The van der Waals surface area contributed by atoms with Gasteiger partial charge in [0.1, 0.15) is 0 Å². The molecular formula is C14H9ClO2. The van der Waals surface area contributed by atoms with Crippen molar-refractivity contribution in [2.45, 2.75) is 0 Å². The molecule has 0 radical (unpaired) electrons. The van der Waals surface area contributed by atoms with Crippen LogP contribution in [0.5, 0.6) is 0 Å². The largest absolute Gasteiger partial charge is 0.298 e. The molecule has 0 saturated heterocycles. The molecule has 0 aromatic heterocycles. The number of benzene rings is 2. The Hall–Kier alpha value is -1.93. The Bertz CT molecular complexity index is 559. The van der Waals surface area contributed by atoms with Crippen LogP contribution in [-0.4, -0.2) is 12.1 Å². The zero-order chi connectivity index (χ0) is 12.3. The molecule has 2 aromatic carbocycles. The minimum absolute atomic E-state index is 0.177. The summed E-state index contributed by atoms with van der Waals surface area (Å²) in [5, 5.41) is 0.574. The van der Waals surface area contributed by atoms with Gasteiger partial charge in [0.05, 0.1) is 0 Å². The molecule has 3 heteroatoms. The summed E-state index contributed by atoms with van der Waals surface area (Å²) in [5.74, 6) is -0.177. The van der Waals surface area contributed by atoms with Crippen molar-refractivity contribution in [3.8, 4) is 0 Å². The molecule has 0 N–H and O–H groups in total. The molecule has 2 aromatic rings. The normalized spacial score (nSPS) is 9.94. The van der Waals surface area contributed by atoms with Crippen LogP contribution in [0.25, 0.3) is 0 Å². The van der Waals surface area contributed by atoms with E-state index in [4.69, 9.17) is 11.6 Å². The summed E-state index contributed by atoms with van der Waals surface area (Å²) in [5.41, 5.74) is 1.32. The Balaban J connectivity index is 2.43. The second kappa shape index (κ2) is 4.93. The summed E-state index contributed by atoms with van der Waals surface area (Å²) in [6, 6.07) is 13.3. The zero-order valence-corrected chi connectivity index (χ0v) is 9.65. The molecule has 2 rings (SSSR count). The van der Waals surface area contributed by atoms with Gasteiger partial charge < -0.3 is 0 Å². The van der Waals surface area contributed by atoms with E-state index in [9.17, 15) is 9.59 Å². The van der Waals surface area contributed by atoms with Gasteiger partial charge in [-0.1, -0.05) is 35.9 Å². The highest BCUT2D eigenvalue weighted by Crippen LogP contribution is 2.15. The number of hydrogen-bond donors (Lipinski definition) is 0. The number of aldehydes is 1. The molecule has 0 saturated carbocycles. The molecule has 0 unspecified atom stereocenters. The first-order valence-electron chi connectivity index (χ1n) is 5.07. The Kier molecular flexibility index (Phi) is 3.35. The van der Waals surface area contributed by atoms with Crippen LogP contribution >= 0.6 is 11.6 Å². The smallest absolute Gasteiger partial charge is 0.193 e. The lowest BCUT2D eigenvalue weighted by molar-refractivity contribution is 0.102. The number of carbonyl (C=O) groups excluding carboxylic acids is 2. The molecule has 0 aliphatic rings. The molecule has 0 bridgehead atoms. The SMILES string of the molecule is O=Cc1ccccc1C(=O)c1ccc(Cl)cc1. The van der Waals surface area contributed by atoms with Crippen molar-refractivity contribution >= 4 is 23.7 Å². The standard InChI is InChI=1S/C14H9ClO2/c15-12-7-5-10(6-8-12)14(17)13-4-2-1-3-11(13)9-16/h1-9H. The van der Waals surface area contributed by atoms with Gasteiger partial charge in [-0.05, 0) is 24.3 Å². The van der Waals surface area contributed by atoms with Crippen LogP contribution in [-0.2, 0) is 0 Å². The number of carbonyl (C=O) groups is 2. The average Bonchev–Trinajstić information content (AvgIpc) is 2.39. The first-order valence-corrected chi connectivity index (χ1v) is 5.44. The summed E-state index contributed by atoms with van der Waals surface area (Å²) in [7, 11) is 0. The second-order valence-corrected chi connectivity index (χ2v) is 3.98. The maximum atomic E-state index is 12.1. The molecule has 0 amide bonds. The average molecular weight is 245 g/mol. The van der Waals surface area contributed by atoms with Crippen molar-refractivity contribution in [3.05, 3.63) is 70.2 Å². The van der Waals surface area contributed by atoms with E-state index in [0.717, 1.165) is 0 Å². The highest BCUT2D eigenvalue weighted by atomic mass is 35.5. The number of ketones is 1. The van der Waals surface area contributed by atoms with Crippen LogP contribution < -0.4 is 0 Å². The van der Waals surface area contributed by atoms with Gasteiger partial charge >= 0.3 is 0 Å². The summed E-state index contributed by atoms with van der Waals surface area (Å²) in [6.07, 6.45) is 0.684. The maximum Gasteiger partial charge on any atom is 0.193 e. The van der Waals surface area contributed by atoms with E-state index < -0.39 is 0 Å². The fraction of sp³-hybridized carbons (Fsp3) is 0. The topological polar surface area (TPSA) is 34.1 Å². The van der Waals surface area contributed by atoms with Gasteiger partial charge in [-0.15, -0.1) is 0 Å². The molecule has 0 aliphatic heterocycles. The lowest BCUT2D eigenvalue weighted by Crippen LogP contribution is -2.04. The first kappa shape index (κ1) is 11.6. The highest BCUT2D eigenvalue weighted by Gasteiger charge is 2.12. The maximum absolute atomic E-state index is 12.1. The van der Waals surface area contributed by atoms with Gasteiger partial charge in [-0.25, -0.2) is 0 Å². The van der Waals surface area contributed by atoms with Gasteiger partial charge in [0, 0.05) is 21.7 Å². The number of hydrogen-bond acceptors (Lipinski definition) is 2. The lowest BCUT2D eigenvalue weighted by Gasteiger charge is -2.03. The molecule has 84 valence electrons. The van der Waals surface area contributed by atoms with Crippen LogP contribution in [0.3, 0.4) is 0 Å². The van der Waals surface area contributed by atoms with Crippen LogP contribution in [0.1, 0.15) is 26.3 Å². The molecule has 0 atom stereocenters. The third kappa shape index (κ3) is 2.43. The monoisotopic (exact) mass is 244 g/mol. The van der Waals surface area contributed by atoms with Crippen LogP contribution in [0.15, 0.2) is 48.5 Å². The van der Waals surface area contributed by atoms with Crippen molar-refractivity contribution in [2.75, 3.05) is 0 Å².